The van der Waals surface area contributed by atoms with Crippen molar-refractivity contribution in [2.45, 2.75) is 231 Å². The van der Waals surface area contributed by atoms with Crippen molar-refractivity contribution >= 4 is 11.9 Å². The molecular formula is C66H109N5O4. The molecule has 1 heterocycles. The first-order valence-corrected chi connectivity index (χ1v) is 31.2. The van der Waals surface area contributed by atoms with Gasteiger partial charge in [0.25, 0.3) is 0 Å². The van der Waals surface area contributed by atoms with E-state index in [4.69, 9.17) is 15.2 Å². The summed E-state index contributed by atoms with van der Waals surface area (Å²) in [6.07, 6.45) is 35.3. The average molecular weight is 1040 g/mol. The second kappa shape index (κ2) is 23.5. The summed E-state index contributed by atoms with van der Waals surface area (Å²) in [5.41, 5.74) is 13.3. The van der Waals surface area contributed by atoms with Crippen molar-refractivity contribution in [2.24, 2.45) is 110 Å². The zero-order valence-electron chi connectivity index (χ0n) is 50.2. The lowest BCUT2D eigenvalue weighted by Crippen LogP contribution is -2.50. The summed E-state index contributed by atoms with van der Waals surface area (Å²) in [4.78, 5) is 27.1. The Hall–Kier alpha value is -2.78. The van der Waals surface area contributed by atoms with Crippen molar-refractivity contribution in [3.63, 3.8) is 0 Å². The summed E-state index contributed by atoms with van der Waals surface area (Å²) in [6.45, 7) is 32.9. The minimum atomic E-state index is -0.119. The van der Waals surface area contributed by atoms with E-state index in [1.807, 2.05) is 16.6 Å². The first-order valence-electron chi connectivity index (χ1n) is 31.2. The number of nitrogens with one attached hydrogen (secondary N) is 1. The minimum Gasteiger partial charge on any atom is -0.463 e. The van der Waals surface area contributed by atoms with Crippen LogP contribution < -0.4 is 11.1 Å². The molecule has 0 aromatic carbocycles. The second-order valence-corrected chi connectivity index (χ2v) is 28.4. The molecule has 422 valence electrons. The highest BCUT2D eigenvalue weighted by molar-refractivity contribution is 5.66. The number of esters is 2. The number of ether oxygens (including phenoxy) is 2. The Morgan fingerprint density at radius 1 is 0.693 bits per heavy atom. The summed E-state index contributed by atoms with van der Waals surface area (Å²) in [5, 5.41) is 7.78. The van der Waals surface area contributed by atoms with Gasteiger partial charge in [0.15, 0.2) is 0 Å². The fraction of sp³-hybridized carbons (Fsp3) is 0.848. The number of fused-ring (bicyclic) bond motifs is 10. The van der Waals surface area contributed by atoms with Gasteiger partial charge in [0.2, 0.25) is 0 Å². The van der Waals surface area contributed by atoms with Crippen LogP contribution in [0.25, 0.3) is 0 Å². The normalized spacial score (nSPS) is 42.9. The molecule has 9 nitrogen and oxygen atoms in total. The first kappa shape index (κ1) is 58.4. The predicted octanol–water partition coefficient (Wildman–Crippen LogP) is 14.8. The molecule has 7 saturated carbocycles. The standard InChI is InChI=1S/C26H39N3O2.C25H41NO2.C15H29N/c1-17(14-29-16-27-15-28-29)22-7-8-23-21-6-5-19-13-20(31-18(2)30)9-11-25(19,3)24(21)10-12-26(22,23)4;1-16(15-26-5)21-8-9-22-20-7-6-18-14-19(28-17(2)27)10-12-24(18,3)23(20)11-13-25(21,22)4;1-6-11(3)13-8-9-14(12(4)10-16)15(13,5)7-2/h6,15-17,19-20,22-24H,5,7-14H2,1-4H3;7,16,18-19,21-23,26H,6,8-15H2,1-5H3;6,12-14H,7-10,16H2,1-5H3/b;;11-6+/t17-,19?,20+,22?,23?,24?,25+,26-;16-,18?,19+,21?,22?,23?,24+,25-;12-,13?,14?,15+/m111/s1. The number of carbonyl (C=O) groups is 2. The summed E-state index contributed by atoms with van der Waals surface area (Å²) >= 11 is 0. The highest BCUT2D eigenvalue weighted by atomic mass is 16.5. The fourth-order valence-electron chi connectivity index (χ4n) is 20.6. The largest absolute Gasteiger partial charge is 0.463 e. The maximum absolute atomic E-state index is 11.5. The lowest BCUT2D eigenvalue weighted by atomic mass is 9.47. The lowest BCUT2D eigenvalue weighted by molar-refractivity contribution is -0.153. The Labute approximate surface area is 457 Å². The number of hydrogen-bond acceptors (Lipinski definition) is 8. The molecule has 0 aliphatic heterocycles. The molecule has 0 amide bonds. The van der Waals surface area contributed by atoms with E-state index >= 15 is 0 Å². The highest BCUT2D eigenvalue weighted by Gasteiger charge is 2.60. The maximum Gasteiger partial charge on any atom is 0.302 e. The van der Waals surface area contributed by atoms with Crippen molar-refractivity contribution in [1.29, 1.82) is 0 Å². The van der Waals surface area contributed by atoms with Gasteiger partial charge >= 0.3 is 11.9 Å². The molecule has 75 heavy (non-hydrogen) atoms. The Balaban J connectivity index is 0.000000157. The lowest BCUT2D eigenvalue weighted by Gasteiger charge is -2.58. The van der Waals surface area contributed by atoms with Crippen LogP contribution in [0, 0.1) is 104 Å². The molecule has 10 rings (SSSR count). The van der Waals surface area contributed by atoms with Crippen molar-refractivity contribution in [3.8, 4) is 0 Å². The van der Waals surface area contributed by atoms with Gasteiger partial charge in [-0.05, 0) is 260 Å². The maximum atomic E-state index is 11.5. The van der Waals surface area contributed by atoms with Gasteiger partial charge in [-0.15, -0.1) is 0 Å². The highest BCUT2D eigenvalue weighted by Crippen LogP contribution is 2.69. The van der Waals surface area contributed by atoms with Crippen molar-refractivity contribution in [1.82, 2.24) is 20.1 Å². The predicted molar refractivity (Wildman–Crippen MR) is 306 cm³/mol. The van der Waals surface area contributed by atoms with Crippen molar-refractivity contribution in [2.75, 3.05) is 20.1 Å². The summed E-state index contributed by atoms with van der Waals surface area (Å²) in [7, 11) is 2.10. The van der Waals surface area contributed by atoms with Gasteiger partial charge < -0.3 is 20.5 Å². The molecule has 0 bridgehead atoms. The molecule has 9 aliphatic carbocycles. The third-order valence-electron chi connectivity index (χ3n) is 25.0. The number of aromatic nitrogens is 3. The molecule has 0 saturated heterocycles. The van der Waals surface area contributed by atoms with Crippen LogP contribution in [0.3, 0.4) is 0 Å². The van der Waals surface area contributed by atoms with Gasteiger partial charge in [0.05, 0.1) is 0 Å². The molecule has 1 aromatic heterocycles. The van der Waals surface area contributed by atoms with Crippen molar-refractivity contribution < 1.29 is 19.1 Å². The van der Waals surface area contributed by atoms with E-state index in [1.54, 1.807) is 31.3 Å². The SMILES string of the molecule is C/C=C(\C)C1CCC([C@H](C)CN)[C@@]1(C)CC.CC(=O)O[C@H]1CC[C@@]2(C)C(CC=C3C2CC[C@@]2(C)C3CCC2[C@H](C)Cn2cncn2)C1.CNC[C@@H](C)C1CCC2C3=CCC4C[C@@H](OC(C)=O)CC[C@]4(C)C3CC[C@@]21C. The minimum absolute atomic E-state index is 0.109. The number of nitrogens with zero attached hydrogens (tertiary/aromatic N) is 3. The molecule has 20 atom stereocenters. The molecule has 9 aliphatic rings. The van der Waals surface area contributed by atoms with Crippen LogP contribution in [-0.4, -0.2) is 59.0 Å². The van der Waals surface area contributed by atoms with E-state index in [0.29, 0.717) is 50.7 Å². The topological polar surface area (TPSA) is 121 Å². The molecule has 1 aromatic rings. The number of hydrogen-bond donors (Lipinski definition) is 2. The number of carbonyl (C=O) groups excluding carboxylic acids is 2. The molecule has 0 radical (unpaired) electrons. The third-order valence-corrected chi connectivity index (χ3v) is 25.0. The zero-order valence-corrected chi connectivity index (χ0v) is 50.2. The van der Waals surface area contributed by atoms with Crippen LogP contribution in [0.15, 0.2) is 47.6 Å². The first-order chi connectivity index (χ1) is 35.6. The van der Waals surface area contributed by atoms with Crippen LogP contribution in [0.1, 0.15) is 212 Å². The Morgan fingerprint density at radius 2 is 1.17 bits per heavy atom. The zero-order chi connectivity index (χ0) is 54.3. The number of allylic oxidation sites excluding steroid dienone is 6. The van der Waals surface area contributed by atoms with E-state index in [9.17, 15) is 9.59 Å². The molecular weight excluding hydrogens is 927 g/mol. The smallest absolute Gasteiger partial charge is 0.302 e. The summed E-state index contributed by atoms with van der Waals surface area (Å²) in [5.74, 6) is 9.42. The van der Waals surface area contributed by atoms with Crippen LogP contribution in [0.5, 0.6) is 0 Å². The Morgan fingerprint density at radius 3 is 1.61 bits per heavy atom. The van der Waals surface area contributed by atoms with Crippen LogP contribution >= 0.6 is 0 Å². The van der Waals surface area contributed by atoms with E-state index < -0.39 is 0 Å². The van der Waals surface area contributed by atoms with Gasteiger partial charge in [-0.3, -0.25) is 14.3 Å². The fourth-order valence-corrected chi connectivity index (χ4v) is 20.6. The monoisotopic (exact) mass is 1040 g/mol. The molecule has 9 heteroatoms. The average Bonchev–Trinajstić information content (AvgIpc) is 4.22. The van der Waals surface area contributed by atoms with Gasteiger partial charge in [0, 0.05) is 20.4 Å². The summed E-state index contributed by atoms with van der Waals surface area (Å²) in [6, 6.07) is 0. The molecule has 7 fully saturated rings. The Bertz CT molecular complexity index is 2200. The van der Waals surface area contributed by atoms with E-state index in [1.165, 1.54) is 96.3 Å². The molecule has 0 spiro atoms. The van der Waals surface area contributed by atoms with Gasteiger partial charge in [-0.2, -0.15) is 5.10 Å². The second-order valence-electron chi connectivity index (χ2n) is 28.4. The Kier molecular flexibility index (Phi) is 18.3. The third kappa shape index (κ3) is 11.1. The van der Waals surface area contributed by atoms with Crippen LogP contribution in [0.2, 0.25) is 0 Å². The van der Waals surface area contributed by atoms with E-state index in [-0.39, 0.29) is 24.1 Å². The van der Waals surface area contributed by atoms with Crippen molar-refractivity contribution in [3.05, 3.63) is 47.6 Å². The van der Waals surface area contributed by atoms with Crippen LogP contribution in [0.4, 0.5) is 0 Å². The van der Waals surface area contributed by atoms with Gasteiger partial charge in [-0.1, -0.05) is 97.3 Å². The summed E-state index contributed by atoms with van der Waals surface area (Å²) < 4.78 is 13.2. The van der Waals surface area contributed by atoms with Gasteiger partial charge in [0.1, 0.15) is 24.9 Å². The number of rotatable bonds is 12. The van der Waals surface area contributed by atoms with E-state index in [0.717, 1.165) is 98.6 Å². The van der Waals surface area contributed by atoms with E-state index in [2.05, 4.69) is 117 Å². The van der Waals surface area contributed by atoms with Crippen LogP contribution in [-0.2, 0) is 25.6 Å². The molecule has 3 N–H and O–H groups in total. The molecule has 10 unspecified atom stereocenters. The number of nitrogens with two attached hydrogens (primary N) is 1. The van der Waals surface area contributed by atoms with Gasteiger partial charge in [-0.25, -0.2) is 4.98 Å². The quantitative estimate of drug-likeness (QED) is 0.157.